The molecule has 0 aromatic rings. The van der Waals surface area contributed by atoms with Crippen LogP contribution in [0.1, 0.15) is 12.8 Å². The highest BCUT2D eigenvalue weighted by molar-refractivity contribution is 4.89. The fraction of sp³-hybridized carbons (Fsp3) is 0.875. The number of hydrogen-bond donors (Lipinski definition) is 1. The lowest BCUT2D eigenvalue weighted by Crippen LogP contribution is -2.41. The fourth-order valence-corrected chi connectivity index (χ4v) is 2.12. The molecule has 1 N–H and O–H groups in total. The van der Waals surface area contributed by atoms with Gasteiger partial charge in [-0.15, -0.1) is 0 Å². The molecule has 10 heavy (non-hydrogen) atoms. The van der Waals surface area contributed by atoms with Crippen LogP contribution in [0.3, 0.4) is 0 Å². The van der Waals surface area contributed by atoms with Crippen molar-refractivity contribution < 1.29 is 0 Å². The predicted octanol–water partition coefficient (Wildman–Crippen LogP) is 0.462. The van der Waals surface area contributed by atoms with Gasteiger partial charge < -0.3 is 10.2 Å². The van der Waals surface area contributed by atoms with E-state index in [-0.39, 0.29) is 0 Å². The summed E-state index contributed by atoms with van der Waals surface area (Å²) in [6, 6.07) is 0.818. The van der Waals surface area contributed by atoms with Crippen molar-refractivity contribution >= 4 is 0 Å². The molecule has 2 nitrogen and oxygen atoms in total. The second-order valence-electron chi connectivity index (χ2n) is 3.48. The van der Waals surface area contributed by atoms with Gasteiger partial charge in [0.25, 0.3) is 0 Å². The average molecular weight is 139 g/mol. The van der Waals surface area contributed by atoms with Gasteiger partial charge in [0, 0.05) is 6.04 Å². The van der Waals surface area contributed by atoms with E-state index < -0.39 is 0 Å². The first-order chi connectivity index (χ1) is 4.86. The summed E-state index contributed by atoms with van der Waals surface area (Å²) >= 11 is 0. The Balaban J connectivity index is 1.96. The van der Waals surface area contributed by atoms with E-state index in [0.29, 0.717) is 0 Å². The third-order valence-electron chi connectivity index (χ3n) is 2.74. The van der Waals surface area contributed by atoms with Crippen LogP contribution in [0.4, 0.5) is 0 Å². The van der Waals surface area contributed by atoms with Crippen molar-refractivity contribution in [2.45, 2.75) is 18.9 Å². The lowest BCUT2D eigenvalue weighted by atomic mass is 9.94. The van der Waals surface area contributed by atoms with Crippen LogP contribution in [-0.2, 0) is 0 Å². The SMILES string of the molecule is [CH2-]N1CC[C@H]2NCC[C@H]2C1. The van der Waals surface area contributed by atoms with Crippen LogP contribution in [0.15, 0.2) is 0 Å². The molecule has 2 aliphatic heterocycles. The van der Waals surface area contributed by atoms with Gasteiger partial charge >= 0.3 is 0 Å². The van der Waals surface area contributed by atoms with E-state index in [4.69, 9.17) is 0 Å². The van der Waals surface area contributed by atoms with E-state index in [1.54, 1.807) is 0 Å². The van der Waals surface area contributed by atoms with Gasteiger partial charge in [-0.1, -0.05) is 0 Å². The molecule has 2 fully saturated rings. The molecule has 0 aromatic heterocycles. The summed E-state index contributed by atoms with van der Waals surface area (Å²) in [5, 5.41) is 3.52. The number of likely N-dealkylation sites (tertiary alicyclic amines) is 1. The number of piperidine rings is 1. The highest BCUT2D eigenvalue weighted by atomic mass is 15.1. The Labute approximate surface area is 62.6 Å². The molecular weight excluding hydrogens is 124 g/mol. The van der Waals surface area contributed by atoms with E-state index in [9.17, 15) is 0 Å². The maximum Gasteiger partial charge on any atom is 0.0118 e. The quantitative estimate of drug-likeness (QED) is 0.490. The van der Waals surface area contributed by atoms with Crippen LogP contribution in [0.25, 0.3) is 0 Å². The summed E-state index contributed by atoms with van der Waals surface area (Å²) in [6.45, 7) is 3.61. The maximum atomic E-state index is 3.96. The van der Waals surface area contributed by atoms with Crippen LogP contribution in [0.5, 0.6) is 0 Å². The van der Waals surface area contributed by atoms with Gasteiger partial charge in [-0.3, -0.25) is 7.05 Å². The highest BCUT2D eigenvalue weighted by Gasteiger charge is 2.29. The summed E-state index contributed by atoms with van der Waals surface area (Å²) in [5.41, 5.74) is 0. The Bertz CT molecular complexity index is 124. The van der Waals surface area contributed by atoms with Gasteiger partial charge in [-0.05, 0) is 38.4 Å². The van der Waals surface area contributed by atoms with Crippen LogP contribution in [0, 0.1) is 13.0 Å². The molecule has 0 aliphatic carbocycles. The van der Waals surface area contributed by atoms with Crippen molar-refractivity contribution in [2.24, 2.45) is 5.92 Å². The molecule has 0 radical (unpaired) electrons. The molecular formula is C8H15N2-. The molecule has 2 rings (SSSR count). The zero-order valence-electron chi connectivity index (χ0n) is 6.34. The lowest BCUT2D eigenvalue weighted by Gasteiger charge is -2.37. The van der Waals surface area contributed by atoms with Gasteiger partial charge in [0.15, 0.2) is 0 Å². The summed E-state index contributed by atoms with van der Waals surface area (Å²) in [5.74, 6) is 0.895. The van der Waals surface area contributed by atoms with Gasteiger partial charge in [0.05, 0.1) is 0 Å². The molecule has 0 saturated carbocycles. The number of fused-ring (bicyclic) bond motifs is 1. The molecule has 0 aromatic carbocycles. The molecule has 58 valence electrons. The van der Waals surface area contributed by atoms with Crippen LogP contribution >= 0.6 is 0 Å². The molecule has 0 unspecified atom stereocenters. The second-order valence-corrected chi connectivity index (χ2v) is 3.48. The van der Waals surface area contributed by atoms with Crippen molar-refractivity contribution in [1.82, 2.24) is 10.2 Å². The Morgan fingerprint density at radius 2 is 2.30 bits per heavy atom. The first-order valence-electron chi connectivity index (χ1n) is 4.15. The Morgan fingerprint density at radius 1 is 1.40 bits per heavy atom. The summed E-state index contributed by atoms with van der Waals surface area (Å²) in [6.07, 6.45) is 2.66. The van der Waals surface area contributed by atoms with Gasteiger partial charge in [0.2, 0.25) is 0 Å². The summed E-state index contributed by atoms with van der Waals surface area (Å²) < 4.78 is 0. The zero-order chi connectivity index (χ0) is 6.97. The highest BCUT2D eigenvalue weighted by Crippen LogP contribution is 2.23. The Hall–Kier alpha value is -0.0800. The third kappa shape index (κ3) is 1.06. The van der Waals surface area contributed by atoms with Gasteiger partial charge in [0.1, 0.15) is 0 Å². The van der Waals surface area contributed by atoms with Crippen LogP contribution < -0.4 is 5.32 Å². The standard InChI is InChI=1S/C8H15N2/c1-10-5-3-8-7(6-10)2-4-9-8/h7-9H,1-6H2/q-1/t7-,8+/m0/s1. The topological polar surface area (TPSA) is 15.3 Å². The second kappa shape index (κ2) is 2.51. The van der Waals surface area contributed by atoms with E-state index in [0.717, 1.165) is 12.0 Å². The van der Waals surface area contributed by atoms with E-state index >= 15 is 0 Å². The van der Waals surface area contributed by atoms with Crippen LogP contribution in [-0.4, -0.2) is 30.6 Å². The van der Waals surface area contributed by atoms with E-state index in [1.165, 1.54) is 32.5 Å². The molecule has 2 aliphatic rings. The monoisotopic (exact) mass is 139 g/mol. The number of nitrogens with one attached hydrogen (secondary N) is 1. The maximum absolute atomic E-state index is 3.96. The molecule has 0 amide bonds. The summed E-state index contributed by atoms with van der Waals surface area (Å²) in [7, 11) is 3.96. The normalized spacial score (nSPS) is 41.7. The number of rotatable bonds is 0. The van der Waals surface area contributed by atoms with Crippen molar-refractivity contribution in [2.75, 3.05) is 19.6 Å². The molecule has 2 heteroatoms. The summed E-state index contributed by atoms with van der Waals surface area (Å²) in [4.78, 5) is 2.20. The minimum Gasteiger partial charge on any atom is -0.459 e. The molecule has 2 atom stereocenters. The molecule has 2 heterocycles. The largest absolute Gasteiger partial charge is 0.459 e. The third-order valence-corrected chi connectivity index (χ3v) is 2.74. The number of hydrogen-bond acceptors (Lipinski definition) is 2. The first-order valence-corrected chi connectivity index (χ1v) is 4.15. The van der Waals surface area contributed by atoms with Gasteiger partial charge in [-0.25, -0.2) is 0 Å². The minimum absolute atomic E-state index is 0.818. The smallest absolute Gasteiger partial charge is 0.0118 e. The average Bonchev–Trinajstić information content (AvgIpc) is 2.33. The Morgan fingerprint density at radius 3 is 3.20 bits per heavy atom. The number of nitrogens with zero attached hydrogens (tertiary/aromatic N) is 1. The molecule has 0 bridgehead atoms. The van der Waals surface area contributed by atoms with Crippen molar-refractivity contribution in [3.63, 3.8) is 0 Å². The fourth-order valence-electron chi connectivity index (χ4n) is 2.12. The Kier molecular flexibility index (Phi) is 1.66. The van der Waals surface area contributed by atoms with E-state index in [1.807, 2.05) is 0 Å². The minimum atomic E-state index is 0.818. The van der Waals surface area contributed by atoms with E-state index in [2.05, 4.69) is 17.3 Å². The van der Waals surface area contributed by atoms with Crippen molar-refractivity contribution in [3.8, 4) is 0 Å². The lowest BCUT2D eigenvalue weighted by molar-refractivity contribution is 0.214. The van der Waals surface area contributed by atoms with Crippen LogP contribution in [0.2, 0.25) is 0 Å². The zero-order valence-corrected chi connectivity index (χ0v) is 6.34. The molecule has 0 spiro atoms. The van der Waals surface area contributed by atoms with Crippen molar-refractivity contribution in [1.29, 1.82) is 0 Å². The first kappa shape index (κ1) is 6.62. The van der Waals surface area contributed by atoms with Crippen molar-refractivity contribution in [3.05, 3.63) is 7.05 Å². The molecule has 2 saturated heterocycles. The van der Waals surface area contributed by atoms with Gasteiger partial charge in [-0.2, -0.15) is 0 Å². The predicted molar refractivity (Wildman–Crippen MR) is 41.4 cm³/mol.